The number of aliphatic imine (C=N–C) groups is 2. The Hall–Kier alpha value is -3.25. The summed E-state index contributed by atoms with van der Waals surface area (Å²) in [6.45, 7) is 12.1. The highest BCUT2D eigenvalue weighted by Gasteiger charge is 2.35. The third-order valence-corrected chi connectivity index (χ3v) is 6.93. The molecule has 1 fully saturated rings. The van der Waals surface area contributed by atoms with Gasteiger partial charge in [0.2, 0.25) is 5.96 Å². The maximum Gasteiger partial charge on any atom is 0.226 e. The van der Waals surface area contributed by atoms with Gasteiger partial charge in [-0.15, -0.1) is 0 Å². The maximum atomic E-state index is 13.7. The second-order valence-corrected chi connectivity index (χ2v) is 8.93. The first-order chi connectivity index (χ1) is 16.0. The van der Waals surface area contributed by atoms with Gasteiger partial charge in [-0.3, -0.25) is 4.79 Å². The molecule has 0 N–H and O–H groups in total. The standard InChI is InChI=1S/C27H31N5O/c1-5-31(6-2)27-28-24-21-9-7-8-10-22(21)26(33)23(25(24)29-27)20-12-11-19(17-18(20)3)32-15-13-30(4)14-16-32/h7-12,17H,5-6,13-16H2,1-4H3. The van der Waals surface area contributed by atoms with Gasteiger partial charge in [-0.25, -0.2) is 9.98 Å². The molecule has 0 unspecified atom stereocenters. The van der Waals surface area contributed by atoms with Gasteiger partial charge >= 0.3 is 0 Å². The van der Waals surface area contributed by atoms with Crippen LogP contribution >= 0.6 is 0 Å². The van der Waals surface area contributed by atoms with Crippen LogP contribution in [0.15, 0.2) is 58.1 Å². The predicted molar refractivity (Wildman–Crippen MR) is 135 cm³/mol. The second-order valence-electron chi connectivity index (χ2n) is 8.93. The molecule has 0 aromatic heterocycles. The number of carbonyl (C=O) groups is 1. The molecule has 170 valence electrons. The number of benzene rings is 2. The van der Waals surface area contributed by atoms with Gasteiger partial charge in [-0.2, -0.15) is 0 Å². The van der Waals surface area contributed by atoms with Gasteiger partial charge in [0.25, 0.3) is 0 Å². The number of hydrogen-bond acceptors (Lipinski definition) is 6. The van der Waals surface area contributed by atoms with E-state index in [1.54, 1.807) is 0 Å². The zero-order chi connectivity index (χ0) is 23.1. The summed E-state index contributed by atoms with van der Waals surface area (Å²) in [5.74, 6) is 0.721. The van der Waals surface area contributed by atoms with Crippen molar-refractivity contribution >= 4 is 28.7 Å². The fraction of sp³-hybridized carbons (Fsp3) is 0.370. The smallest absolute Gasteiger partial charge is 0.226 e. The Labute approximate surface area is 195 Å². The Morgan fingerprint density at radius 2 is 1.61 bits per heavy atom. The van der Waals surface area contributed by atoms with E-state index in [0.29, 0.717) is 22.8 Å². The second kappa shape index (κ2) is 8.60. The molecule has 2 heterocycles. The average molecular weight is 442 g/mol. The lowest BCUT2D eigenvalue weighted by molar-refractivity contribution is 0.105. The van der Waals surface area contributed by atoms with E-state index in [0.717, 1.165) is 61.7 Å². The van der Waals surface area contributed by atoms with Crippen LogP contribution in [0.25, 0.3) is 5.57 Å². The number of allylic oxidation sites excluding steroid dienone is 2. The van der Waals surface area contributed by atoms with E-state index in [2.05, 4.69) is 60.7 Å². The molecule has 0 saturated carbocycles. The molecule has 0 bridgehead atoms. The van der Waals surface area contributed by atoms with Gasteiger partial charge in [-0.05, 0) is 51.1 Å². The molecule has 2 aromatic carbocycles. The van der Waals surface area contributed by atoms with Crippen molar-refractivity contribution in [3.63, 3.8) is 0 Å². The molecule has 1 aliphatic carbocycles. The number of aryl methyl sites for hydroxylation is 1. The van der Waals surface area contributed by atoms with Crippen LogP contribution in [-0.4, -0.2) is 73.6 Å². The lowest BCUT2D eigenvalue weighted by Gasteiger charge is -2.34. The number of hydrogen-bond donors (Lipinski definition) is 0. The summed E-state index contributed by atoms with van der Waals surface area (Å²) >= 11 is 0. The molecule has 33 heavy (non-hydrogen) atoms. The highest BCUT2D eigenvalue weighted by molar-refractivity contribution is 6.43. The summed E-state index contributed by atoms with van der Waals surface area (Å²) in [6.07, 6.45) is 0. The van der Waals surface area contributed by atoms with Crippen molar-refractivity contribution in [2.24, 2.45) is 9.98 Å². The monoisotopic (exact) mass is 441 g/mol. The van der Waals surface area contributed by atoms with Crippen LogP contribution in [0, 0.1) is 6.92 Å². The van der Waals surface area contributed by atoms with Crippen molar-refractivity contribution < 1.29 is 4.79 Å². The highest BCUT2D eigenvalue weighted by atomic mass is 16.1. The number of fused-ring (bicyclic) bond motifs is 3. The molecule has 0 spiro atoms. The zero-order valence-corrected chi connectivity index (χ0v) is 19.9. The van der Waals surface area contributed by atoms with Crippen molar-refractivity contribution in [3.8, 4) is 0 Å². The molecule has 2 aliphatic heterocycles. The van der Waals surface area contributed by atoms with Gasteiger partial charge in [0.1, 0.15) is 11.4 Å². The summed E-state index contributed by atoms with van der Waals surface area (Å²) in [7, 11) is 2.17. The first-order valence-corrected chi connectivity index (χ1v) is 11.9. The third kappa shape index (κ3) is 3.68. The minimum atomic E-state index is 0.0274. The van der Waals surface area contributed by atoms with Crippen LogP contribution in [0.4, 0.5) is 5.69 Å². The van der Waals surface area contributed by atoms with Crippen molar-refractivity contribution in [3.05, 3.63) is 70.4 Å². The van der Waals surface area contributed by atoms with Gasteiger partial charge < -0.3 is 14.7 Å². The molecule has 5 rings (SSSR count). The first-order valence-electron chi connectivity index (χ1n) is 11.9. The van der Waals surface area contributed by atoms with Crippen LogP contribution < -0.4 is 4.90 Å². The van der Waals surface area contributed by atoms with E-state index in [1.807, 2.05) is 24.3 Å². The van der Waals surface area contributed by atoms with Crippen molar-refractivity contribution in [2.45, 2.75) is 20.8 Å². The topological polar surface area (TPSA) is 51.5 Å². The van der Waals surface area contributed by atoms with Gasteiger partial charge in [-0.1, -0.05) is 30.3 Å². The Balaban J connectivity index is 1.61. The SMILES string of the molecule is CCN(CC)C1=NC2=C(c3ccc(N4CCN(C)CC4)cc3C)C(=O)c3ccccc3C2=N1. The molecule has 6 nitrogen and oxygen atoms in total. The number of carbonyl (C=O) groups excluding carboxylic acids is 1. The van der Waals surface area contributed by atoms with E-state index < -0.39 is 0 Å². The number of anilines is 1. The lowest BCUT2D eigenvalue weighted by Crippen LogP contribution is -2.44. The number of likely N-dealkylation sites (N-methyl/N-ethyl adjacent to an activating group) is 1. The first kappa shape index (κ1) is 21.6. The minimum absolute atomic E-state index is 0.0274. The number of piperazine rings is 1. The van der Waals surface area contributed by atoms with Crippen molar-refractivity contribution in [1.82, 2.24) is 9.80 Å². The van der Waals surface area contributed by atoms with E-state index >= 15 is 0 Å². The molecule has 2 aromatic rings. The quantitative estimate of drug-likeness (QED) is 0.723. The van der Waals surface area contributed by atoms with Crippen LogP contribution in [0.2, 0.25) is 0 Å². The third-order valence-electron chi connectivity index (χ3n) is 6.93. The van der Waals surface area contributed by atoms with Gasteiger partial charge in [0.15, 0.2) is 5.78 Å². The number of rotatable bonds is 4. The fourth-order valence-corrected chi connectivity index (χ4v) is 4.91. The van der Waals surface area contributed by atoms with E-state index in [1.165, 1.54) is 5.69 Å². The summed E-state index contributed by atoms with van der Waals surface area (Å²) in [4.78, 5) is 30.5. The summed E-state index contributed by atoms with van der Waals surface area (Å²) < 4.78 is 0. The molecule has 3 aliphatic rings. The molecular formula is C27H31N5O. The normalized spacial score (nSPS) is 18.2. The van der Waals surface area contributed by atoms with Crippen molar-refractivity contribution in [1.29, 1.82) is 0 Å². The Morgan fingerprint density at radius 3 is 2.27 bits per heavy atom. The minimum Gasteiger partial charge on any atom is -0.369 e. The van der Waals surface area contributed by atoms with E-state index in [-0.39, 0.29) is 5.78 Å². The highest BCUT2D eigenvalue weighted by Crippen LogP contribution is 2.38. The summed E-state index contributed by atoms with van der Waals surface area (Å²) in [5, 5.41) is 0. The summed E-state index contributed by atoms with van der Waals surface area (Å²) in [6, 6.07) is 14.2. The molecule has 0 amide bonds. The Bertz CT molecular complexity index is 1200. The molecular weight excluding hydrogens is 410 g/mol. The predicted octanol–water partition coefficient (Wildman–Crippen LogP) is 3.85. The molecule has 0 atom stereocenters. The fourth-order valence-electron chi connectivity index (χ4n) is 4.91. The summed E-state index contributed by atoms with van der Waals surface area (Å²) in [5.41, 5.74) is 7.00. The van der Waals surface area contributed by atoms with Gasteiger partial charge in [0, 0.05) is 56.1 Å². The zero-order valence-electron chi connectivity index (χ0n) is 19.9. The van der Waals surface area contributed by atoms with Gasteiger partial charge in [0.05, 0.1) is 5.57 Å². The van der Waals surface area contributed by atoms with Crippen LogP contribution in [-0.2, 0) is 0 Å². The van der Waals surface area contributed by atoms with Crippen LogP contribution in [0.3, 0.4) is 0 Å². The Morgan fingerprint density at radius 1 is 0.909 bits per heavy atom. The average Bonchev–Trinajstić information content (AvgIpc) is 3.26. The maximum absolute atomic E-state index is 13.7. The van der Waals surface area contributed by atoms with E-state index in [9.17, 15) is 4.79 Å². The number of Topliss-reactive ketones (excluding diaryl/α,β-unsaturated/α-hetero) is 1. The van der Waals surface area contributed by atoms with Crippen molar-refractivity contribution in [2.75, 3.05) is 51.2 Å². The largest absolute Gasteiger partial charge is 0.369 e. The molecule has 0 radical (unpaired) electrons. The lowest BCUT2D eigenvalue weighted by atomic mass is 9.82. The number of ketones is 1. The molecule has 1 saturated heterocycles. The number of guanidine groups is 1. The molecule has 6 heteroatoms. The van der Waals surface area contributed by atoms with Crippen LogP contribution in [0.5, 0.6) is 0 Å². The number of nitrogens with zero attached hydrogens (tertiary/aromatic N) is 5. The Kier molecular flexibility index (Phi) is 5.62. The van der Waals surface area contributed by atoms with Crippen LogP contribution in [0.1, 0.15) is 40.9 Å². The van der Waals surface area contributed by atoms with E-state index in [4.69, 9.17) is 9.98 Å².